The molecule has 4 rings (SSSR count). The summed E-state index contributed by atoms with van der Waals surface area (Å²) in [6.07, 6.45) is 0.741. The summed E-state index contributed by atoms with van der Waals surface area (Å²) < 4.78 is 11.0. The van der Waals surface area contributed by atoms with Gasteiger partial charge in [-0.15, -0.1) is 0 Å². The van der Waals surface area contributed by atoms with E-state index in [-0.39, 0.29) is 25.9 Å². The van der Waals surface area contributed by atoms with Gasteiger partial charge in [0.25, 0.3) is 5.91 Å². The van der Waals surface area contributed by atoms with Crippen LogP contribution in [-0.2, 0) is 33.8 Å². The zero-order valence-electron chi connectivity index (χ0n) is 20.7. The van der Waals surface area contributed by atoms with Crippen molar-refractivity contribution in [3.8, 4) is 5.75 Å². The van der Waals surface area contributed by atoms with Gasteiger partial charge in [-0.1, -0.05) is 78.0 Å². The third kappa shape index (κ3) is 7.19. The molecule has 0 bridgehead atoms. The average molecular weight is 502 g/mol. The lowest BCUT2D eigenvalue weighted by Crippen LogP contribution is -2.56. The first-order valence-corrected chi connectivity index (χ1v) is 12.2. The Balaban J connectivity index is 1.43. The van der Waals surface area contributed by atoms with E-state index < -0.39 is 24.6 Å². The van der Waals surface area contributed by atoms with Crippen LogP contribution < -0.4 is 10.1 Å². The average Bonchev–Trinajstić information content (AvgIpc) is 3.33. The molecule has 0 aliphatic carbocycles. The highest BCUT2D eigenvalue weighted by Gasteiger charge is 2.48. The Kier molecular flexibility index (Phi) is 8.95. The predicted octanol–water partition coefficient (Wildman–Crippen LogP) is 2.71. The van der Waals surface area contributed by atoms with Crippen LogP contribution in [0.2, 0.25) is 0 Å². The lowest BCUT2D eigenvalue weighted by Gasteiger charge is -2.28. The summed E-state index contributed by atoms with van der Waals surface area (Å²) in [6, 6.07) is 26.4. The summed E-state index contributed by atoms with van der Waals surface area (Å²) in [5, 5.41) is 27.0. The lowest BCUT2D eigenvalue weighted by atomic mass is 9.75. The van der Waals surface area contributed by atoms with Crippen LogP contribution in [0.1, 0.15) is 23.1 Å². The van der Waals surface area contributed by atoms with Crippen molar-refractivity contribution in [1.82, 2.24) is 5.32 Å². The Morgan fingerprint density at radius 3 is 2.24 bits per heavy atom. The number of benzene rings is 3. The smallest absolute Gasteiger partial charge is 0.475 e. The number of hydrogen-bond donors (Lipinski definition) is 3. The fourth-order valence-electron chi connectivity index (χ4n) is 4.25. The topological polar surface area (TPSA) is 110 Å². The number of rotatable bonds is 12. The minimum absolute atomic E-state index is 0.200. The first kappa shape index (κ1) is 26.4. The van der Waals surface area contributed by atoms with Crippen molar-refractivity contribution in [1.29, 1.82) is 0 Å². The molecule has 3 aromatic carbocycles. The highest BCUT2D eigenvalue weighted by molar-refractivity contribution is 6.43. The van der Waals surface area contributed by atoms with E-state index in [1.54, 1.807) is 7.11 Å². The number of hydrogen-bond acceptors (Lipinski definition) is 7. The number of ether oxygens (including phenoxy) is 2. The van der Waals surface area contributed by atoms with Gasteiger partial charge in [-0.2, -0.15) is 0 Å². The summed E-state index contributed by atoms with van der Waals surface area (Å²) in [7, 11) is -0.125. The maximum atomic E-state index is 13.6. The Hall–Kier alpha value is -3.66. The van der Waals surface area contributed by atoms with Gasteiger partial charge in [0.2, 0.25) is 5.60 Å². The minimum atomic E-state index is -1.74. The molecule has 0 saturated heterocycles. The molecule has 1 aliphatic rings. The standard InChI is InChI=1S/C28H31BN2O6/c1-35-25-14-12-23(13-15-25)19-36-20-24-18-28(37-31-24,17-22-10-6-3-7-11-22)27(32)30-26(29(33)34)16-21-8-4-2-5-9-21/h2-15,26,33-34H,16-20H2,1H3,(H,30,32)/t26-,28?/m0/s1. The molecule has 192 valence electrons. The molecule has 0 saturated carbocycles. The molecule has 9 heteroatoms. The number of amides is 1. The van der Waals surface area contributed by atoms with Crippen LogP contribution in [0.15, 0.2) is 90.1 Å². The number of oxime groups is 1. The molecular formula is C28H31BN2O6. The maximum Gasteiger partial charge on any atom is 0.475 e. The number of carbonyl (C=O) groups excluding carboxylic acids is 1. The molecule has 2 atom stereocenters. The van der Waals surface area contributed by atoms with E-state index in [2.05, 4.69) is 10.5 Å². The van der Waals surface area contributed by atoms with Crippen LogP contribution in [0, 0.1) is 0 Å². The van der Waals surface area contributed by atoms with Crippen LogP contribution in [0.4, 0.5) is 0 Å². The molecule has 0 radical (unpaired) electrons. The van der Waals surface area contributed by atoms with Crippen molar-refractivity contribution < 1.29 is 29.2 Å². The van der Waals surface area contributed by atoms with Gasteiger partial charge in [-0.3, -0.25) is 4.79 Å². The van der Waals surface area contributed by atoms with Crippen molar-refractivity contribution in [3.63, 3.8) is 0 Å². The van der Waals surface area contributed by atoms with Gasteiger partial charge in [0.15, 0.2) is 0 Å². The summed E-state index contributed by atoms with van der Waals surface area (Å²) in [5.41, 5.74) is 2.02. The third-order valence-corrected chi connectivity index (χ3v) is 6.26. The third-order valence-electron chi connectivity index (χ3n) is 6.26. The van der Waals surface area contributed by atoms with Crippen LogP contribution in [0.5, 0.6) is 5.75 Å². The van der Waals surface area contributed by atoms with E-state index in [4.69, 9.17) is 14.3 Å². The van der Waals surface area contributed by atoms with Gasteiger partial charge in [-0.05, 0) is 35.2 Å². The number of nitrogens with one attached hydrogen (secondary N) is 1. The second-order valence-electron chi connectivity index (χ2n) is 9.11. The van der Waals surface area contributed by atoms with Crippen LogP contribution in [0.3, 0.4) is 0 Å². The summed E-state index contributed by atoms with van der Waals surface area (Å²) in [4.78, 5) is 19.4. The first-order chi connectivity index (χ1) is 18.0. The van der Waals surface area contributed by atoms with Gasteiger partial charge >= 0.3 is 7.12 Å². The fraction of sp³-hybridized carbons (Fsp3) is 0.286. The van der Waals surface area contributed by atoms with Gasteiger partial charge in [-0.25, -0.2) is 0 Å². The second-order valence-corrected chi connectivity index (χ2v) is 9.11. The quantitative estimate of drug-likeness (QED) is 0.329. The predicted molar refractivity (Wildman–Crippen MR) is 141 cm³/mol. The van der Waals surface area contributed by atoms with E-state index >= 15 is 0 Å². The van der Waals surface area contributed by atoms with Crippen molar-refractivity contribution in [2.75, 3.05) is 13.7 Å². The monoisotopic (exact) mass is 502 g/mol. The van der Waals surface area contributed by atoms with Crippen LogP contribution >= 0.6 is 0 Å². The molecule has 1 amide bonds. The van der Waals surface area contributed by atoms with Gasteiger partial charge in [0, 0.05) is 12.8 Å². The molecule has 1 unspecified atom stereocenters. The molecule has 1 aliphatic heterocycles. The largest absolute Gasteiger partial charge is 0.497 e. The SMILES string of the molecule is COc1ccc(COCC2=NOC(Cc3ccccc3)(C(=O)N[C@@H](Cc3ccccc3)B(O)O)C2)cc1. The van der Waals surface area contributed by atoms with Crippen LogP contribution in [0.25, 0.3) is 0 Å². The van der Waals surface area contributed by atoms with E-state index in [1.807, 2.05) is 84.9 Å². The zero-order valence-corrected chi connectivity index (χ0v) is 20.7. The first-order valence-electron chi connectivity index (χ1n) is 12.2. The highest BCUT2D eigenvalue weighted by atomic mass is 16.7. The number of nitrogens with zero attached hydrogens (tertiary/aromatic N) is 1. The van der Waals surface area contributed by atoms with E-state index in [0.717, 1.165) is 22.4 Å². The molecule has 0 fully saturated rings. The van der Waals surface area contributed by atoms with Crippen molar-refractivity contribution >= 4 is 18.7 Å². The lowest BCUT2D eigenvalue weighted by molar-refractivity contribution is -0.144. The molecule has 3 N–H and O–H groups in total. The van der Waals surface area contributed by atoms with Crippen molar-refractivity contribution in [3.05, 3.63) is 102 Å². The summed E-state index contributed by atoms with van der Waals surface area (Å²) in [6.45, 7) is 0.572. The van der Waals surface area contributed by atoms with Gasteiger partial charge < -0.3 is 29.7 Å². The molecule has 8 nitrogen and oxygen atoms in total. The maximum absolute atomic E-state index is 13.6. The zero-order chi connectivity index (χ0) is 26.1. The second kappa shape index (κ2) is 12.5. The summed E-state index contributed by atoms with van der Waals surface area (Å²) >= 11 is 0. The molecule has 1 heterocycles. The Morgan fingerprint density at radius 2 is 1.62 bits per heavy atom. The normalized spacial score (nSPS) is 17.4. The Morgan fingerprint density at radius 1 is 0.973 bits per heavy atom. The fourth-order valence-corrected chi connectivity index (χ4v) is 4.25. The Bertz CT molecular complexity index is 1170. The minimum Gasteiger partial charge on any atom is -0.497 e. The van der Waals surface area contributed by atoms with E-state index in [9.17, 15) is 14.8 Å². The molecule has 3 aromatic rings. The van der Waals surface area contributed by atoms with Gasteiger partial charge in [0.1, 0.15) is 5.75 Å². The van der Waals surface area contributed by atoms with E-state index in [0.29, 0.717) is 12.3 Å². The van der Waals surface area contributed by atoms with Crippen molar-refractivity contribution in [2.24, 2.45) is 5.16 Å². The Labute approximate surface area is 217 Å². The molecular weight excluding hydrogens is 471 g/mol. The van der Waals surface area contributed by atoms with E-state index in [1.165, 1.54) is 0 Å². The number of methoxy groups -OCH3 is 1. The number of carbonyl (C=O) groups is 1. The molecule has 37 heavy (non-hydrogen) atoms. The molecule has 0 aromatic heterocycles. The van der Waals surface area contributed by atoms with Crippen molar-refractivity contribution in [2.45, 2.75) is 37.4 Å². The van der Waals surface area contributed by atoms with Crippen LogP contribution in [-0.4, -0.2) is 54.0 Å². The summed E-state index contributed by atoms with van der Waals surface area (Å²) in [5.74, 6) is -0.603. The molecule has 0 spiro atoms. The highest BCUT2D eigenvalue weighted by Crippen LogP contribution is 2.29. The van der Waals surface area contributed by atoms with Gasteiger partial charge in [0.05, 0.1) is 32.0 Å².